The lowest BCUT2D eigenvalue weighted by Gasteiger charge is -2.32. The van der Waals surface area contributed by atoms with Crippen LogP contribution >= 0.6 is 0 Å². The van der Waals surface area contributed by atoms with E-state index in [0.29, 0.717) is 12.0 Å². The van der Waals surface area contributed by atoms with Crippen LogP contribution in [0.5, 0.6) is 0 Å². The maximum Gasteiger partial charge on any atom is 0.326 e. The zero-order chi connectivity index (χ0) is 14.6. The van der Waals surface area contributed by atoms with Gasteiger partial charge in [0.1, 0.15) is 5.54 Å². The summed E-state index contributed by atoms with van der Waals surface area (Å²) in [5.41, 5.74) is -0.487. The SMILES string of the molecule is COC(=O)C1(NC(C)C)CCC(N(C)CC(C)C)C1. The summed E-state index contributed by atoms with van der Waals surface area (Å²) in [6, 6.07) is 0.751. The second-order valence-electron chi connectivity index (χ2n) is 6.60. The van der Waals surface area contributed by atoms with Crippen molar-refractivity contribution in [2.45, 2.75) is 64.6 Å². The molecule has 0 radical (unpaired) electrons. The number of rotatable bonds is 6. The molecule has 4 heteroatoms. The zero-order valence-corrected chi connectivity index (χ0v) is 13.3. The maximum atomic E-state index is 12.2. The van der Waals surface area contributed by atoms with Crippen LogP contribution in [0.4, 0.5) is 0 Å². The van der Waals surface area contributed by atoms with E-state index in [1.54, 1.807) is 0 Å². The van der Waals surface area contributed by atoms with E-state index < -0.39 is 5.54 Å². The first-order valence-electron chi connectivity index (χ1n) is 7.37. The molecule has 19 heavy (non-hydrogen) atoms. The number of nitrogens with one attached hydrogen (secondary N) is 1. The summed E-state index contributed by atoms with van der Waals surface area (Å²) in [6.45, 7) is 9.69. The van der Waals surface area contributed by atoms with Crippen LogP contribution < -0.4 is 5.32 Å². The smallest absolute Gasteiger partial charge is 0.326 e. The first-order valence-corrected chi connectivity index (χ1v) is 7.37. The van der Waals surface area contributed by atoms with E-state index in [0.717, 1.165) is 25.8 Å². The van der Waals surface area contributed by atoms with Gasteiger partial charge in [0.05, 0.1) is 7.11 Å². The predicted molar refractivity (Wildman–Crippen MR) is 78.1 cm³/mol. The van der Waals surface area contributed by atoms with Gasteiger partial charge in [-0.25, -0.2) is 0 Å². The number of nitrogens with zero attached hydrogens (tertiary/aromatic N) is 1. The molecule has 0 aromatic rings. The Morgan fingerprint density at radius 2 is 2.05 bits per heavy atom. The molecule has 1 rings (SSSR count). The van der Waals surface area contributed by atoms with Crippen LogP contribution in [0.2, 0.25) is 0 Å². The Labute approximate surface area is 117 Å². The molecule has 1 saturated carbocycles. The Kier molecular flexibility index (Phi) is 5.81. The van der Waals surface area contributed by atoms with Gasteiger partial charge in [0.25, 0.3) is 0 Å². The Balaban J connectivity index is 2.74. The van der Waals surface area contributed by atoms with Crippen molar-refractivity contribution >= 4 is 5.97 Å². The van der Waals surface area contributed by atoms with E-state index in [9.17, 15) is 4.79 Å². The van der Waals surface area contributed by atoms with E-state index in [1.165, 1.54) is 7.11 Å². The van der Waals surface area contributed by atoms with Crippen molar-refractivity contribution in [3.63, 3.8) is 0 Å². The van der Waals surface area contributed by atoms with E-state index >= 15 is 0 Å². The molecule has 0 saturated heterocycles. The largest absolute Gasteiger partial charge is 0.468 e. The van der Waals surface area contributed by atoms with Crippen LogP contribution in [-0.2, 0) is 9.53 Å². The highest BCUT2D eigenvalue weighted by atomic mass is 16.5. The third kappa shape index (κ3) is 4.18. The third-order valence-corrected chi connectivity index (χ3v) is 3.91. The van der Waals surface area contributed by atoms with Gasteiger partial charge in [0.15, 0.2) is 0 Å². The van der Waals surface area contributed by atoms with Crippen molar-refractivity contribution in [1.29, 1.82) is 0 Å². The fourth-order valence-corrected chi connectivity index (χ4v) is 3.24. The number of carbonyl (C=O) groups excluding carboxylic acids is 1. The number of methoxy groups -OCH3 is 1. The van der Waals surface area contributed by atoms with Gasteiger partial charge in [0, 0.05) is 18.6 Å². The lowest BCUT2D eigenvalue weighted by atomic mass is 9.96. The number of hydrogen-bond donors (Lipinski definition) is 1. The molecule has 0 aliphatic heterocycles. The molecular formula is C15H30N2O2. The minimum atomic E-state index is -0.487. The molecule has 1 aliphatic rings. The normalized spacial score (nSPS) is 27.5. The summed E-state index contributed by atoms with van der Waals surface area (Å²) in [7, 11) is 3.64. The summed E-state index contributed by atoms with van der Waals surface area (Å²) in [5.74, 6) is 0.540. The molecule has 0 spiro atoms. The third-order valence-electron chi connectivity index (χ3n) is 3.91. The number of hydrogen-bond acceptors (Lipinski definition) is 4. The molecule has 112 valence electrons. The summed E-state index contributed by atoms with van der Waals surface area (Å²) in [4.78, 5) is 14.5. The molecule has 0 amide bonds. The number of carbonyl (C=O) groups is 1. The van der Waals surface area contributed by atoms with Gasteiger partial charge in [-0.15, -0.1) is 0 Å². The van der Waals surface area contributed by atoms with Gasteiger partial charge in [-0.1, -0.05) is 13.8 Å². The Bertz CT molecular complexity index is 305. The second-order valence-corrected chi connectivity index (χ2v) is 6.60. The molecule has 1 fully saturated rings. The fraction of sp³-hybridized carbons (Fsp3) is 0.933. The van der Waals surface area contributed by atoms with Crippen LogP contribution in [0.15, 0.2) is 0 Å². The van der Waals surface area contributed by atoms with Crippen molar-refractivity contribution in [3.8, 4) is 0 Å². The van der Waals surface area contributed by atoms with E-state index in [-0.39, 0.29) is 12.0 Å². The van der Waals surface area contributed by atoms with Crippen LogP contribution in [0.1, 0.15) is 47.0 Å². The van der Waals surface area contributed by atoms with Crippen molar-refractivity contribution in [1.82, 2.24) is 10.2 Å². The molecular weight excluding hydrogens is 240 g/mol. The van der Waals surface area contributed by atoms with Crippen molar-refractivity contribution < 1.29 is 9.53 Å². The summed E-state index contributed by atoms with van der Waals surface area (Å²) < 4.78 is 5.03. The highest BCUT2D eigenvalue weighted by Gasteiger charge is 2.47. The molecule has 0 heterocycles. The van der Waals surface area contributed by atoms with Crippen LogP contribution in [0, 0.1) is 5.92 Å². The molecule has 0 aromatic carbocycles. The number of esters is 1. The van der Waals surface area contributed by atoms with Gasteiger partial charge in [-0.05, 0) is 46.1 Å². The minimum Gasteiger partial charge on any atom is -0.468 e. The van der Waals surface area contributed by atoms with Crippen molar-refractivity contribution in [3.05, 3.63) is 0 Å². The standard InChI is InChI=1S/C15H30N2O2/c1-11(2)10-17(5)13-7-8-15(9-13,14(18)19-6)16-12(3)4/h11-13,16H,7-10H2,1-6H3. The van der Waals surface area contributed by atoms with E-state index in [4.69, 9.17) is 4.74 Å². The van der Waals surface area contributed by atoms with E-state index in [2.05, 4.69) is 45.0 Å². The Morgan fingerprint density at radius 1 is 1.42 bits per heavy atom. The molecule has 2 atom stereocenters. The van der Waals surface area contributed by atoms with Crippen LogP contribution in [-0.4, -0.2) is 49.2 Å². The second kappa shape index (κ2) is 6.71. The quantitative estimate of drug-likeness (QED) is 0.750. The lowest BCUT2D eigenvalue weighted by molar-refractivity contribution is -0.149. The minimum absolute atomic E-state index is 0.110. The number of ether oxygens (including phenoxy) is 1. The maximum absolute atomic E-state index is 12.2. The summed E-state index contributed by atoms with van der Waals surface area (Å²) >= 11 is 0. The van der Waals surface area contributed by atoms with Crippen LogP contribution in [0.25, 0.3) is 0 Å². The van der Waals surface area contributed by atoms with Gasteiger partial charge in [-0.2, -0.15) is 0 Å². The first-order chi connectivity index (χ1) is 8.80. The Morgan fingerprint density at radius 3 is 2.53 bits per heavy atom. The average molecular weight is 270 g/mol. The summed E-state index contributed by atoms with van der Waals surface area (Å²) in [6.07, 6.45) is 2.77. The first kappa shape index (κ1) is 16.4. The molecule has 0 aromatic heterocycles. The molecule has 4 nitrogen and oxygen atoms in total. The fourth-order valence-electron chi connectivity index (χ4n) is 3.24. The van der Waals surface area contributed by atoms with Gasteiger partial charge in [-0.3, -0.25) is 10.1 Å². The van der Waals surface area contributed by atoms with Crippen molar-refractivity contribution in [2.24, 2.45) is 5.92 Å². The van der Waals surface area contributed by atoms with Crippen molar-refractivity contribution in [2.75, 3.05) is 20.7 Å². The Hall–Kier alpha value is -0.610. The van der Waals surface area contributed by atoms with Gasteiger partial charge >= 0.3 is 5.97 Å². The average Bonchev–Trinajstić information content (AvgIpc) is 2.71. The van der Waals surface area contributed by atoms with Crippen LogP contribution in [0.3, 0.4) is 0 Å². The predicted octanol–water partition coefficient (Wildman–Crippen LogP) is 2.04. The molecule has 2 unspecified atom stereocenters. The molecule has 1 N–H and O–H groups in total. The van der Waals surface area contributed by atoms with Gasteiger partial charge < -0.3 is 9.64 Å². The van der Waals surface area contributed by atoms with E-state index in [1.807, 2.05) is 0 Å². The summed E-state index contributed by atoms with van der Waals surface area (Å²) in [5, 5.41) is 3.44. The highest BCUT2D eigenvalue weighted by Crippen LogP contribution is 2.34. The molecule has 0 bridgehead atoms. The lowest BCUT2D eigenvalue weighted by Crippen LogP contribution is -2.54. The zero-order valence-electron chi connectivity index (χ0n) is 13.3. The topological polar surface area (TPSA) is 41.6 Å². The monoisotopic (exact) mass is 270 g/mol. The van der Waals surface area contributed by atoms with Gasteiger partial charge in [0.2, 0.25) is 0 Å². The molecule has 1 aliphatic carbocycles. The highest BCUT2D eigenvalue weighted by molar-refractivity contribution is 5.81.